The van der Waals surface area contributed by atoms with Crippen LogP contribution < -0.4 is 11.1 Å². The summed E-state index contributed by atoms with van der Waals surface area (Å²) in [5.74, 6) is -0.353. The standard InChI is InChI=1S/C7H16N2O3/c8-2-5-12-4-1-3-9-7(11)6-10/h10H,1-6,8H2,(H,9,11). The molecule has 0 radical (unpaired) electrons. The summed E-state index contributed by atoms with van der Waals surface area (Å²) in [4.78, 5) is 10.5. The molecule has 0 unspecified atom stereocenters. The molecule has 4 N–H and O–H groups in total. The summed E-state index contributed by atoms with van der Waals surface area (Å²) in [5, 5.41) is 10.8. The minimum Gasteiger partial charge on any atom is -0.387 e. The van der Waals surface area contributed by atoms with Gasteiger partial charge in [-0.05, 0) is 6.42 Å². The Balaban J connectivity index is 2.95. The molecule has 0 fully saturated rings. The van der Waals surface area contributed by atoms with Crippen molar-refractivity contribution in [3.63, 3.8) is 0 Å². The second-order valence-corrected chi connectivity index (χ2v) is 2.26. The summed E-state index contributed by atoms with van der Waals surface area (Å²) in [5.41, 5.74) is 5.19. The molecule has 0 heterocycles. The van der Waals surface area contributed by atoms with Gasteiger partial charge in [-0.1, -0.05) is 0 Å². The zero-order valence-electron chi connectivity index (χ0n) is 7.08. The first-order valence-electron chi connectivity index (χ1n) is 3.96. The van der Waals surface area contributed by atoms with Crippen LogP contribution in [-0.2, 0) is 9.53 Å². The van der Waals surface area contributed by atoms with Crippen molar-refractivity contribution in [1.82, 2.24) is 5.32 Å². The van der Waals surface area contributed by atoms with E-state index in [9.17, 15) is 4.79 Å². The Morgan fingerprint density at radius 1 is 1.50 bits per heavy atom. The lowest BCUT2D eigenvalue weighted by Gasteiger charge is -2.03. The number of carbonyl (C=O) groups is 1. The topological polar surface area (TPSA) is 84.6 Å². The van der Waals surface area contributed by atoms with Gasteiger partial charge < -0.3 is 20.9 Å². The van der Waals surface area contributed by atoms with Gasteiger partial charge in [0.15, 0.2) is 0 Å². The number of nitrogens with one attached hydrogen (secondary N) is 1. The summed E-state index contributed by atoms with van der Waals surface area (Å²) >= 11 is 0. The zero-order valence-corrected chi connectivity index (χ0v) is 7.08. The van der Waals surface area contributed by atoms with E-state index >= 15 is 0 Å². The molecule has 0 rings (SSSR count). The first-order valence-corrected chi connectivity index (χ1v) is 3.96. The predicted molar refractivity (Wildman–Crippen MR) is 44.6 cm³/mol. The average molecular weight is 176 g/mol. The number of carbonyl (C=O) groups excluding carboxylic acids is 1. The van der Waals surface area contributed by atoms with Gasteiger partial charge in [-0.15, -0.1) is 0 Å². The third-order valence-corrected chi connectivity index (χ3v) is 1.19. The Morgan fingerprint density at radius 3 is 2.83 bits per heavy atom. The molecule has 0 aromatic carbocycles. The first-order chi connectivity index (χ1) is 5.81. The molecule has 72 valence electrons. The molecule has 0 aliphatic carbocycles. The van der Waals surface area contributed by atoms with Crippen molar-refractivity contribution in [1.29, 1.82) is 0 Å². The van der Waals surface area contributed by atoms with Crippen LogP contribution in [0.3, 0.4) is 0 Å². The molecule has 0 aromatic heterocycles. The maximum atomic E-state index is 10.5. The maximum Gasteiger partial charge on any atom is 0.245 e. The normalized spacial score (nSPS) is 9.83. The summed E-state index contributed by atoms with van der Waals surface area (Å²) in [6.07, 6.45) is 0.742. The SMILES string of the molecule is NCCOCCCNC(=O)CO. The van der Waals surface area contributed by atoms with Crippen molar-refractivity contribution in [2.24, 2.45) is 5.73 Å². The van der Waals surface area contributed by atoms with Gasteiger partial charge in [-0.25, -0.2) is 0 Å². The average Bonchev–Trinajstić information content (AvgIpc) is 2.10. The highest BCUT2D eigenvalue weighted by Crippen LogP contribution is 1.79. The van der Waals surface area contributed by atoms with Crippen LogP contribution in [-0.4, -0.2) is 43.9 Å². The Morgan fingerprint density at radius 2 is 2.25 bits per heavy atom. The molecule has 0 saturated heterocycles. The molecule has 12 heavy (non-hydrogen) atoms. The predicted octanol–water partition coefficient (Wildman–Crippen LogP) is -1.54. The highest BCUT2D eigenvalue weighted by Gasteiger charge is 1.95. The second-order valence-electron chi connectivity index (χ2n) is 2.26. The van der Waals surface area contributed by atoms with Crippen molar-refractivity contribution in [3.05, 3.63) is 0 Å². The summed E-state index contributed by atoms with van der Waals surface area (Å²) in [6.45, 7) is 1.73. The van der Waals surface area contributed by atoms with Gasteiger partial charge in [0.05, 0.1) is 6.61 Å². The van der Waals surface area contributed by atoms with E-state index in [1.807, 2.05) is 0 Å². The lowest BCUT2D eigenvalue weighted by atomic mass is 10.4. The smallest absolute Gasteiger partial charge is 0.245 e. The number of hydrogen-bond donors (Lipinski definition) is 3. The molecule has 1 amide bonds. The number of aliphatic hydroxyl groups excluding tert-OH is 1. The number of hydrogen-bond acceptors (Lipinski definition) is 4. The minimum atomic E-state index is -0.455. The lowest BCUT2D eigenvalue weighted by Crippen LogP contribution is -2.27. The van der Waals surface area contributed by atoms with Crippen LogP contribution in [0.25, 0.3) is 0 Å². The van der Waals surface area contributed by atoms with E-state index < -0.39 is 6.61 Å². The van der Waals surface area contributed by atoms with E-state index in [4.69, 9.17) is 15.6 Å². The van der Waals surface area contributed by atoms with Crippen LogP contribution in [0.2, 0.25) is 0 Å². The van der Waals surface area contributed by atoms with E-state index in [-0.39, 0.29) is 5.91 Å². The van der Waals surface area contributed by atoms with Crippen molar-refractivity contribution < 1.29 is 14.6 Å². The van der Waals surface area contributed by atoms with Crippen LogP contribution >= 0.6 is 0 Å². The summed E-state index contributed by atoms with van der Waals surface area (Å²) in [7, 11) is 0. The third-order valence-electron chi connectivity index (χ3n) is 1.19. The molecule has 0 bridgehead atoms. The Hall–Kier alpha value is -0.650. The van der Waals surface area contributed by atoms with Gasteiger partial charge in [0.1, 0.15) is 6.61 Å². The Bertz CT molecular complexity index is 119. The maximum absolute atomic E-state index is 10.5. The Kier molecular flexibility index (Phi) is 7.99. The fourth-order valence-corrected chi connectivity index (χ4v) is 0.643. The molecule has 5 nitrogen and oxygen atoms in total. The van der Waals surface area contributed by atoms with E-state index in [2.05, 4.69) is 5.32 Å². The van der Waals surface area contributed by atoms with Crippen LogP contribution in [0.1, 0.15) is 6.42 Å². The summed E-state index contributed by atoms with van der Waals surface area (Å²) < 4.78 is 5.06. The minimum absolute atomic E-state index is 0.353. The largest absolute Gasteiger partial charge is 0.387 e. The molecular weight excluding hydrogens is 160 g/mol. The fourth-order valence-electron chi connectivity index (χ4n) is 0.643. The number of ether oxygens (including phenoxy) is 1. The highest BCUT2D eigenvalue weighted by molar-refractivity contribution is 5.76. The number of aliphatic hydroxyl groups is 1. The monoisotopic (exact) mass is 176 g/mol. The third kappa shape index (κ3) is 7.46. The van der Waals surface area contributed by atoms with E-state index in [0.29, 0.717) is 26.3 Å². The van der Waals surface area contributed by atoms with Gasteiger partial charge >= 0.3 is 0 Å². The van der Waals surface area contributed by atoms with Crippen molar-refractivity contribution >= 4 is 5.91 Å². The zero-order chi connectivity index (χ0) is 9.23. The second kappa shape index (κ2) is 8.45. The highest BCUT2D eigenvalue weighted by atomic mass is 16.5. The van der Waals surface area contributed by atoms with E-state index in [1.54, 1.807) is 0 Å². The molecule has 5 heteroatoms. The van der Waals surface area contributed by atoms with Crippen LogP contribution in [0.4, 0.5) is 0 Å². The Labute approximate surface area is 71.9 Å². The van der Waals surface area contributed by atoms with Gasteiger partial charge in [0.2, 0.25) is 5.91 Å². The van der Waals surface area contributed by atoms with Crippen molar-refractivity contribution in [3.8, 4) is 0 Å². The molecule has 0 atom stereocenters. The first kappa shape index (κ1) is 11.4. The van der Waals surface area contributed by atoms with Crippen LogP contribution in [0, 0.1) is 0 Å². The number of nitrogens with two attached hydrogens (primary N) is 1. The van der Waals surface area contributed by atoms with Crippen LogP contribution in [0.5, 0.6) is 0 Å². The fraction of sp³-hybridized carbons (Fsp3) is 0.857. The molecule has 0 aliphatic heterocycles. The van der Waals surface area contributed by atoms with E-state index in [1.165, 1.54) is 0 Å². The van der Waals surface area contributed by atoms with Gasteiger partial charge in [-0.2, -0.15) is 0 Å². The molecule has 0 spiro atoms. The molecule has 0 saturated carbocycles. The molecular formula is C7H16N2O3. The molecule has 0 aliphatic rings. The quantitative estimate of drug-likeness (QED) is 0.410. The van der Waals surface area contributed by atoms with Gasteiger partial charge in [0.25, 0.3) is 0 Å². The summed E-state index contributed by atoms with van der Waals surface area (Å²) in [6, 6.07) is 0. The number of amides is 1. The van der Waals surface area contributed by atoms with Crippen molar-refractivity contribution in [2.45, 2.75) is 6.42 Å². The van der Waals surface area contributed by atoms with E-state index in [0.717, 1.165) is 6.42 Å². The molecule has 0 aromatic rings. The van der Waals surface area contributed by atoms with Crippen molar-refractivity contribution in [2.75, 3.05) is 32.9 Å². The van der Waals surface area contributed by atoms with Gasteiger partial charge in [-0.3, -0.25) is 4.79 Å². The van der Waals surface area contributed by atoms with Gasteiger partial charge in [0, 0.05) is 19.7 Å². The van der Waals surface area contributed by atoms with Crippen LogP contribution in [0.15, 0.2) is 0 Å². The lowest BCUT2D eigenvalue weighted by molar-refractivity contribution is -0.123. The number of rotatable bonds is 7.